The van der Waals surface area contributed by atoms with Gasteiger partial charge in [0.05, 0.1) is 40.9 Å². The van der Waals surface area contributed by atoms with Crippen molar-refractivity contribution in [2.75, 3.05) is 43.9 Å². The van der Waals surface area contributed by atoms with Crippen LogP contribution in [0.2, 0.25) is 0 Å². The quantitative estimate of drug-likeness (QED) is 0.325. The topological polar surface area (TPSA) is 119 Å². The van der Waals surface area contributed by atoms with Gasteiger partial charge in [0.25, 0.3) is 0 Å². The highest BCUT2D eigenvalue weighted by molar-refractivity contribution is 5.98. The van der Waals surface area contributed by atoms with Crippen molar-refractivity contribution in [2.24, 2.45) is 0 Å². The first-order valence-corrected chi connectivity index (χ1v) is 12.5. The normalized spacial score (nSPS) is 14.1. The Hall–Kier alpha value is -4.31. The summed E-state index contributed by atoms with van der Waals surface area (Å²) < 4.78 is 0. The van der Waals surface area contributed by atoms with E-state index in [-0.39, 0.29) is 5.91 Å². The van der Waals surface area contributed by atoms with E-state index in [1.54, 1.807) is 12.4 Å². The predicted molar refractivity (Wildman–Crippen MR) is 145 cm³/mol. The van der Waals surface area contributed by atoms with Crippen LogP contribution in [0.15, 0.2) is 48.9 Å². The third kappa shape index (κ3) is 4.63. The van der Waals surface area contributed by atoms with Crippen LogP contribution in [0.4, 0.5) is 11.5 Å². The van der Waals surface area contributed by atoms with E-state index in [9.17, 15) is 4.79 Å². The molecule has 3 N–H and O–H groups in total. The van der Waals surface area contributed by atoms with Gasteiger partial charge in [-0.1, -0.05) is 0 Å². The molecule has 6 heterocycles. The van der Waals surface area contributed by atoms with Crippen molar-refractivity contribution < 1.29 is 4.79 Å². The Labute approximate surface area is 214 Å². The van der Waals surface area contributed by atoms with Gasteiger partial charge in [-0.3, -0.25) is 14.9 Å². The lowest BCUT2D eigenvalue weighted by Gasteiger charge is -2.28. The number of hydrogen-bond acceptors (Lipinski definition) is 7. The summed E-state index contributed by atoms with van der Waals surface area (Å²) in [5, 5.41) is 11.7. The van der Waals surface area contributed by atoms with Crippen LogP contribution in [0.25, 0.3) is 44.6 Å². The number of pyridine rings is 3. The minimum atomic E-state index is -0.0956. The number of amides is 1. The fourth-order valence-corrected chi connectivity index (χ4v) is 4.91. The van der Waals surface area contributed by atoms with E-state index in [0.717, 1.165) is 63.5 Å². The van der Waals surface area contributed by atoms with Crippen molar-refractivity contribution in [1.82, 2.24) is 35.0 Å². The smallest absolute Gasteiger partial charge is 0.238 e. The Kier molecular flexibility index (Phi) is 6.01. The van der Waals surface area contributed by atoms with Crippen molar-refractivity contribution in [3.05, 3.63) is 48.9 Å². The van der Waals surface area contributed by atoms with Gasteiger partial charge in [-0.25, -0.2) is 9.97 Å². The zero-order valence-electron chi connectivity index (χ0n) is 21.0. The zero-order valence-corrected chi connectivity index (χ0v) is 21.0. The average Bonchev–Trinajstić information content (AvgIpc) is 3.52. The lowest BCUT2D eigenvalue weighted by atomic mass is 10.1. The van der Waals surface area contributed by atoms with E-state index in [1.807, 2.05) is 49.5 Å². The summed E-state index contributed by atoms with van der Waals surface area (Å²) in [6, 6.07) is 9.90. The van der Waals surface area contributed by atoms with Gasteiger partial charge in [0.1, 0.15) is 17.0 Å². The lowest BCUT2D eigenvalue weighted by molar-refractivity contribution is -0.116. The van der Waals surface area contributed by atoms with Crippen LogP contribution in [0.5, 0.6) is 0 Å². The van der Waals surface area contributed by atoms with Crippen LogP contribution < -0.4 is 10.2 Å². The average molecular weight is 496 g/mol. The Bertz CT molecular complexity index is 1580. The molecule has 0 aliphatic carbocycles. The number of fused-ring (bicyclic) bond motifs is 2. The van der Waals surface area contributed by atoms with Gasteiger partial charge >= 0.3 is 0 Å². The van der Waals surface area contributed by atoms with Crippen LogP contribution in [0, 0.1) is 0 Å². The largest absolute Gasteiger partial charge is 0.356 e. The highest BCUT2D eigenvalue weighted by Crippen LogP contribution is 2.33. The van der Waals surface area contributed by atoms with Gasteiger partial charge in [0.15, 0.2) is 0 Å². The molecule has 5 aromatic rings. The fraction of sp³-hybridized carbons (Fsp3) is 0.296. The fourth-order valence-electron chi connectivity index (χ4n) is 4.91. The van der Waals surface area contributed by atoms with Crippen LogP contribution >= 0.6 is 0 Å². The SMILES string of the molecule is CN(C)CC(=O)Nc1cncc(-c2ccc3[nH]nc(-c4cc5c(N6CCCCC6)nccc5[nH]4)c3n2)c1. The van der Waals surface area contributed by atoms with Crippen LogP contribution in [-0.2, 0) is 4.79 Å². The van der Waals surface area contributed by atoms with Crippen molar-refractivity contribution in [3.63, 3.8) is 0 Å². The molecule has 0 spiro atoms. The minimum absolute atomic E-state index is 0.0956. The first-order valence-electron chi connectivity index (χ1n) is 12.5. The number of aromatic amines is 2. The van der Waals surface area contributed by atoms with E-state index in [0.29, 0.717) is 12.2 Å². The summed E-state index contributed by atoms with van der Waals surface area (Å²) >= 11 is 0. The van der Waals surface area contributed by atoms with Gasteiger partial charge in [-0.05, 0) is 63.7 Å². The van der Waals surface area contributed by atoms with Crippen molar-refractivity contribution in [3.8, 4) is 22.6 Å². The van der Waals surface area contributed by atoms with E-state index in [4.69, 9.17) is 9.97 Å². The molecule has 1 aliphatic rings. The number of nitrogens with one attached hydrogen (secondary N) is 3. The van der Waals surface area contributed by atoms with Gasteiger partial charge in [-0.15, -0.1) is 0 Å². The van der Waals surface area contributed by atoms with Gasteiger partial charge < -0.3 is 20.1 Å². The number of carbonyl (C=O) groups excluding carboxylic acids is 1. The van der Waals surface area contributed by atoms with Gasteiger partial charge in [0.2, 0.25) is 5.91 Å². The van der Waals surface area contributed by atoms with E-state index in [1.165, 1.54) is 19.3 Å². The summed E-state index contributed by atoms with van der Waals surface area (Å²) in [7, 11) is 3.71. The number of anilines is 2. The number of H-pyrrole nitrogens is 2. The molecular weight excluding hydrogens is 466 g/mol. The van der Waals surface area contributed by atoms with Crippen LogP contribution in [0.1, 0.15) is 19.3 Å². The van der Waals surface area contributed by atoms with E-state index in [2.05, 4.69) is 36.4 Å². The maximum Gasteiger partial charge on any atom is 0.238 e. The van der Waals surface area contributed by atoms with Crippen molar-refractivity contribution in [1.29, 1.82) is 0 Å². The molecule has 1 amide bonds. The highest BCUT2D eigenvalue weighted by atomic mass is 16.2. The molecule has 1 fully saturated rings. The second-order valence-corrected chi connectivity index (χ2v) is 9.74. The molecule has 10 heteroatoms. The molecule has 37 heavy (non-hydrogen) atoms. The van der Waals surface area contributed by atoms with Gasteiger partial charge in [0, 0.05) is 36.4 Å². The molecule has 0 atom stereocenters. The van der Waals surface area contributed by atoms with Crippen molar-refractivity contribution in [2.45, 2.75) is 19.3 Å². The standard InChI is InChI=1S/C27H29N9O/c1-35(2)16-24(37)30-18-12-17(14-28-15-18)20-6-7-22-25(32-20)26(34-33-22)23-13-19-21(31-23)8-9-29-27(19)36-10-4-3-5-11-36/h6-9,12-15,31H,3-5,10-11,16H2,1-2H3,(H,30,37)(H,33,34). The molecule has 10 nitrogen and oxygen atoms in total. The molecule has 0 bridgehead atoms. The third-order valence-corrected chi connectivity index (χ3v) is 6.62. The Balaban J connectivity index is 1.35. The molecule has 0 saturated carbocycles. The molecule has 1 saturated heterocycles. The summed E-state index contributed by atoms with van der Waals surface area (Å²) in [5.41, 5.74) is 6.47. The monoisotopic (exact) mass is 495 g/mol. The molecule has 1 aliphatic heterocycles. The summed E-state index contributed by atoms with van der Waals surface area (Å²) in [6.45, 7) is 2.36. The molecule has 0 aromatic carbocycles. The van der Waals surface area contributed by atoms with E-state index >= 15 is 0 Å². The number of nitrogens with zero attached hydrogens (tertiary/aromatic N) is 6. The van der Waals surface area contributed by atoms with Crippen LogP contribution in [-0.4, -0.2) is 74.7 Å². The molecule has 5 aromatic heterocycles. The molecule has 6 rings (SSSR count). The third-order valence-electron chi connectivity index (χ3n) is 6.62. The second-order valence-electron chi connectivity index (χ2n) is 9.74. The summed E-state index contributed by atoms with van der Waals surface area (Å²) in [5.74, 6) is 0.925. The number of piperidine rings is 1. The number of likely N-dealkylation sites (N-methyl/N-ethyl adjacent to an activating group) is 1. The molecular formula is C27H29N9O. The minimum Gasteiger partial charge on any atom is -0.356 e. The zero-order chi connectivity index (χ0) is 25.4. The van der Waals surface area contributed by atoms with Gasteiger partial charge in [-0.2, -0.15) is 5.10 Å². The molecule has 188 valence electrons. The number of aromatic nitrogens is 6. The number of carbonyl (C=O) groups is 1. The Morgan fingerprint density at radius 1 is 1.08 bits per heavy atom. The predicted octanol–water partition coefficient (Wildman–Crippen LogP) is 4.05. The lowest BCUT2D eigenvalue weighted by Crippen LogP contribution is -2.30. The summed E-state index contributed by atoms with van der Waals surface area (Å²) in [4.78, 5) is 33.9. The second kappa shape index (κ2) is 9.62. The first-order chi connectivity index (χ1) is 18.0. The van der Waals surface area contributed by atoms with Crippen molar-refractivity contribution >= 4 is 39.3 Å². The van der Waals surface area contributed by atoms with Crippen LogP contribution in [0.3, 0.4) is 0 Å². The number of hydrogen-bond donors (Lipinski definition) is 3. The number of rotatable bonds is 6. The van der Waals surface area contributed by atoms with E-state index < -0.39 is 0 Å². The molecule has 0 radical (unpaired) electrons. The summed E-state index contributed by atoms with van der Waals surface area (Å²) in [6.07, 6.45) is 8.91. The highest BCUT2D eigenvalue weighted by Gasteiger charge is 2.19. The first kappa shape index (κ1) is 23.1. The Morgan fingerprint density at radius 2 is 1.95 bits per heavy atom. The maximum atomic E-state index is 12.2. The molecule has 0 unspecified atom stereocenters. The maximum absolute atomic E-state index is 12.2. The Morgan fingerprint density at radius 3 is 2.78 bits per heavy atom.